The van der Waals surface area contributed by atoms with Crippen LogP contribution >= 0.6 is 22.9 Å². The van der Waals surface area contributed by atoms with E-state index in [1.54, 1.807) is 55.2 Å². The molecule has 4 rings (SSSR count). The normalized spacial score (nSPS) is 11.0. The molecule has 1 N–H and O–H groups in total. The van der Waals surface area contributed by atoms with Crippen molar-refractivity contribution in [3.63, 3.8) is 0 Å². The Kier molecular flexibility index (Phi) is 5.51. The molecule has 0 spiro atoms. The lowest BCUT2D eigenvalue weighted by molar-refractivity contribution is 0.0827. The van der Waals surface area contributed by atoms with Crippen molar-refractivity contribution in [1.82, 2.24) is 14.7 Å². The molecule has 4 aromatic rings. The van der Waals surface area contributed by atoms with Gasteiger partial charge >= 0.3 is 0 Å². The highest BCUT2D eigenvalue weighted by Gasteiger charge is 2.18. The van der Waals surface area contributed by atoms with Crippen LogP contribution in [0.2, 0.25) is 5.02 Å². The van der Waals surface area contributed by atoms with Gasteiger partial charge in [-0.3, -0.25) is 9.59 Å². The number of hydrogen-bond donors (Lipinski definition) is 1. The third-order valence-corrected chi connectivity index (χ3v) is 6.13. The standard InChI is InChI=1S/C22H18ClFN4O2S/c1-12-17-11-19(31-22(17)28(26-12)15-7-4-13(24)5-8-15)20(29)25-14-6-9-16(18(23)10-14)21(30)27(2)3/h4-11H,1-3H3,(H,25,29). The van der Waals surface area contributed by atoms with Gasteiger partial charge in [-0.15, -0.1) is 11.3 Å². The summed E-state index contributed by atoms with van der Waals surface area (Å²) in [7, 11) is 3.29. The summed E-state index contributed by atoms with van der Waals surface area (Å²) in [5.74, 6) is -0.839. The predicted molar refractivity (Wildman–Crippen MR) is 121 cm³/mol. The van der Waals surface area contributed by atoms with Crippen molar-refractivity contribution in [3.8, 4) is 5.69 Å². The molecule has 2 aromatic carbocycles. The number of halogens is 2. The van der Waals surface area contributed by atoms with E-state index in [9.17, 15) is 14.0 Å². The summed E-state index contributed by atoms with van der Waals surface area (Å²) in [6.45, 7) is 1.86. The van der Waals surface area contributed by atoms with Crippen LogP contribution < -0.4 is 5.32 Å². The molecule has 0 atom stereocenters. The van der Waals surface area contributed by atoms with Crippen LogP contribution in [0.15, 0.2) is 48.5 Å². The Morgan fingerprint density at radius 3 is 2.48 bits per heavy atom. The first kappa shape index (κ1) is 21.0. The SMILES string of the molecule is Cc1nn(-c2ccc(F)cc2)c2sc(C(=O)Nc3ccc(C(=O)N(C)C)c(Cl)c3)cc12. The summed E-state index contributed by atoms with van der Waals surface area (Å²) >= 11 is 7.52. The lowest BCUT2D eigenvalue weighted by atomic mass is 10.2. The number of carbonyl (C=O) groups excluding carboxylic acids is 2. The Balaban J connectivity index is 1.61. The van der Waals surface area contributed by atoms with Crippen LogP contribution in [-0.4, -0.2) is 40.6 Å². The lowest BCUT2D eigenvalue weighted by Crippen LogP contribution is -2.22. The number of hydrogen-bond acceptors (Lipinski definition) is 4. The molecular formula is C22H18ClFN4O2S. The molecule has 0 saturated heterocycles. The molecule has 31 heavy (non-hydrogen) atoms. The molecule has 0 aliphatic carbocycles. The van der Waals surface area contributed by atoms with Gasteiger partial charge < -0.3 is 10.2 Å². The van der Waals surface area contributed by atoms with E-state index in [1.807, 2.05) is 6.92 Å². The quantitative estimate of drug-likeness (QED) is 0.462. The average molecular weight is 457 g/mol. The molecular weight excluding hydrogens is 439 g/mol. The van der Waals surface area contributed by atoms with Crippen LogP contribution in [0.25, 0.3) is 15.9 Å². The zero-order chi connectivity index (χ0) is 22.3. The van der Waals surface area contributed by atoms with Gasteiger partial charge in [-0.1, -0.05) is 11.6 Å². The Hall–Kier alpha value is -3.23. The van der Waals surface area contributed by atoms with E-state index in [-0.39, 0.29) is 22.7 Å². The minimum absolute atomic E-state index is 0.215. The van der Waals surface area contributed by atoms with Gasteiger partial charge in [-0.05, 0) is 55.5 Å². The minimum atomic E-state index is -0.327. The van der Waals surface area contributed by atoms with E-state index in [1.165, 1.54) is 28.4 Å². The van der Waals surface area contributed by atoms with Gasteiger partial charge in [0.25, 0.3) is 11.8 Å². The second kappa shape index (κ2) is 8.13. The predicted octanol–water partition coefficient (Wildman–Crippen LogP) is 5.14. The monoisotopic (exact) mass is 456 g/mol. The second-order valence-electron chi connectivity index (χ2n) is 7.15. The van der Waals surface area contributed by atoms with E-state index >= 15 is 0 Å². The van der Waals surface area contributed by atoms with Crippen molar-refractivity contribution in [1.29, 1.82) is 0 Å². The molecule has 0 fully saturated rings. The number of carbonyl (C=O) groups is 2. The highest BCUT2D eigenvalue weighted by molar-refractivity contribution is 7.20. The van der Waals surface area contributed by atoms with Crippen molar-refractivity contribution >= 4 is 50.7 Å². The van der Waals surface area contributed by atoms with Crippen molar-refractivity contribution in [2.45, 2.75) is 6.92 Å². The number of thiophene rings is 1. The van der Waals surface area contributed by atoms with Gasteiger partial charge in [0.1, 0.15) is 10.6 Å². The number of benzene rings is 2. The summed E-state index contributed by atoms with van der Waals surface area (Å²) < 4.78 is 15.0. The fourth-order valence-electron chi connectivity index (χ4n) is 3.12. The second-order valence-corrected chi connectivity index (χ2v) is 8.59. The molecule has 158 valence electrons. The Labute approximate surface area is 186 Å². The maximum atomic E-state index is 13.3. The van der Waals surface area contributed by atoms with Crippen LogP contribution in [0.5, 0.6) is 0 Å². The minimum Gasteiger partial charge on any atom is -0.345 e. The number of amides is 2. The molecule has 0 aliphatic rings. The van der Waals surface area contributed by atoms with Crippen LogP contribution in [-0.2, 0) is 0 Å². The van der Waals surface area contributed by atoms with Gasteiger partial charge in [-0.25, -0.2) is 9.07 Å². The number of nitrogens with zero attached hydrogens (tertiary/aromatic N) is 3. The topological polar surface area (TPSA) is 67.2 Å². The highest BCUT2D eigenvalue weighted by Crippen LogP contribution is 2.31. The largest absolute Gasteiger partial charge is 0.345 e. The number of fused-ring (bicyclic) bond motifs is 1. The molecule has 0 bridgehead atoms. The summed E-state index contributed by atoms with van der Waals surface area (Å²) in [5, 5.41) is 8.43. The van der Waals surface area contributed by atoms with Crippen LogP contribution in [0.4, 0.5) is 10.1 Å². The third kappa shape index (κ3) is 4.04. The molecule has 2 heterocycles. The first-order valence-corrected chi connectivity index (χ1v) is 10.5. The van der Waals surface area contributed by atoms with Gasteiger partial charge in [0.2, 0.25) is 0 Å². The Morgan fingerprint density at radius 2 is 1.84 bits per heavy atom. The molecule has 0 saturated carbocycles. The molecule has 2 aromatic heterocycles. The van der Waals surface area contributed by atoms with E-state index < -0.39 is 0 Å². The molecule has 0 radical (unpaired) electrons. The first-order valence-electron chi connectivity index (χ1n) is 9.32. The van der Waals surface area contributed by atoms with Gasteiger partial charge in [0.15, 0.2) is 0 Å². The zero-order valence-electron chi connectivity index (χ0n) is 16.9. The molecule has 2 amide bonds. The summed E-state index contributed by atoms with van der Waals surface area (Å²) in [6, 6.07) is 12.6. The van der Waals surface area contributed by atoms with Crippen molar-refractivity contribution in [2.24, 2.45) is 0 Å². The van der Waals surface area contributed by atoms with E-state index in [4.69, 9.17) is 11.6 Å². The van der Waals surface area contributed by atoms with Gasteiger partial charge in [0.05, 0.1) is 26.8 Å². The number of rotatable bonds is 4. The average Bonchev–Trinajstić information content (AvgIpc) is 3.29. The van der Waals surface area contributed by atoms with Crippen LogP contribution in [0, 0.1) is 12.7 Å². The Morgan fingerprint density at radius 1 is 1.13 bits per heavy atom. The van der Waals surface area contributed by atoms with E-state index in [0.29, 0.717) is 21.8 Å². The van der Waals surface area contributed by atoms with Crippen molar-refractivity contribution in [2.75, 3.05) is 19.4 Å². The number of aromatic nitrogens is 2. The number of nitrogens with one attached hydrogen (secondary N) is 1. The lowest BCUT2D eigenvalue weighted by Gasteiger charge is -2.12. The van der Waals surface area contributed by atoms with E-state index in [0.717, 1.165) is 15.9 Å². The Bertz CT molecular complexity index is 1310. The summed E-state index contributed by atoms with van der Waals surface area (Å²) in [6.07, 6.45) is 0. The van der Waals surface area contributed by atoms with Crippen LogP contribution in [0.3, 0.4) is 0 Å². The maximum Gasteiger partial charge on any atom is 0.265 e. The summed E-state index contributed by atoms with van der Waals surface area (Å²) in [5.41, 5.74) is 2.33. The van der Waals surface area contributed by atoms with Crippen molar-refractivity contribution in [3.05, 3.63) is 75.5 Å². The number of anilines is 1. The zero-order valence-corrected chi connectivity index (χ0v) is 18.5. The van der Waals surface area contributed by atoms with Crippen LogP contribution in [0.1, 0.15) is 25.7 Å². The fourth-order valence-corrected chi connectivity index (χ4v) is 4.46. The highest BCUT2D eigenvalue weighted by atomic mass is 35.5. The smallest absolute Gasteiger partial charge is 0.265 e. The third-order valence-electron chi connectivity index (χ3n) is 4.70. The molecule has 6 nitrogen and oxygen atoms in total. The number of aryl methyl sites for hydroxylation is 1. The van der Waals surface area contributed by atoms with Gasteiger partial charge in [-0.2, -0.15) is 5.10 Å². The molecule has 0 aliphatic heterocycles. The fraction of sp³-hybridized carbons (Fsp3) is 0.136. The van der Waals surface area contributed by atoms with Crippen molar-refractivity contribution < 1.29 is 14.0 Å². The maximum absolute atomic E-state index is 13.3. The molecule has 0 unspecified atom stereocenters. The molecule has 9 heteroatoms. The van der Waals surface area contributed by atoms with E-state index in [2.05, 4.69) is 10.4 Å². The first-order chi connectivity index (χ1) is 14.7. The van der Waals surface area contributed by atoms with Gasteiger partial charge in [0, 0.05) is 25.2 Å². The summed E-state index contributed by atoms with van der Waals surface area (Å²) in [4.78, 5) is 27.7.